The van der Waals surface area contributed by atoms with Crippen LogP contribution in [0.3, 0.4) is 0 Å². The number of nitrogens with one attached hydrogen (secondary N) is 2. The summed E-state index contributed by atoms with van der Waals surface area (Å²) in [4.78, 5) is 67.0. The zero-order chi connectivity index (χ0) is 40.8. The fraction of sp³-hybridized carbons (Fsp3) is 0.211. The van der Waals surface area contributed by atoms with E-state index in [0.717, 1.165) is 25.0 Å². The summed E-state index contributed by atoms with van der Waals surface area (Å²) in [7, 11) is 2.58. The van der Waals surface area contributed by atoms with Crippen molar-refractivity contribution in [1.29, 1.82) is 0 Å². The van der Waals surface area contributed by atoms with Gasteiger partial charge < -0.3 is 39.9 Å². The van der Waals surface area contributed by atoms with E-state index >= 15 is 0 Å². The first-order valence-electron chi connectivity index (χ1n) is 16.2. The number of aromatic carboxylic acids is 2. The minimum Gasteiger partial charge on any atom is -0.545 e. The summed E-state index contributed by atoms with van der Waals surface area (Å²) < 4.78 is 9.72. The maximum atomic E-state index is 12.2. The number of benzene rings is 4. The van der Waals surface area contributed by atoms with Gasteiger partial charge >= 0.3 is 35.3 Å². The first-order chi connectivity index (χ1) is 25.7. The van der Waals surface area contributed by atoms with Crippen LogP contribution in [0, 0.1) is 34.1 Å². The van der Waals surface area contributed by atoms with E-state index in [0.29, 0.717) is 0 Å². The van der Waals surface area contributed by atoms with Crippen LogP contribution in [0.15, 0.2) is 84.9 Å². The molecule has 4 aromatic carbocycles. The van der Waals surface area contributed by atoms with Gasteiger partial charge in [-0.2, -0.15) is 0 Å². The van der Waals surface area contributed by atoms with Gasteiger partial charge in [-0.1, -0.05) is 89.8 Å². The molecule has 17 heteroatoms. The van der Waals surface area contributed by atoms with Crippen molar-refractivity contribution in [2.24, 2.45) is 0 Å². The number of carboxylic acid groups (broad SMARTS) is 2. The number of carbonyl (C=O) groups excluding carboxylic acids is 4. The van der Waals surface area contributed by atoms with Crippen LogP contribution in [-0.2, 0) is 0 Å². The fourth-order valence-corrected chi connectivity index (χ4v) is 3.94. The number of hydrogen-bond acceptors (Lipinski definition) is 12. The molecule has 0 saturated heterocycles. The second kappa shape index (κ2) is 25.9. The Hall–Kier alpha value is -6.04. The summed E-state index contributed by atoms with van der Waals surface area (Å²) in [5.41, 5.74) is -1.12. The average molecular weight is 863 g/mol. The van der Waals surface area contributed by atoms with E-state index in [2.05, 4.69) is 38.3 Å². The minimum absolute atomic E-state index is 0. The molecule has 16 nitrogen and oxygen atoms in total. The molecule has 0 bridgehead atoms. The van der Waals surface area contributed by atoms with Crippen molar-refractivity contribution < 1.29 is 48.7 Å². The van der Waals surface area contributed by atoms with Gasteiger partial charge in [0, 0.05) is 45.8 Å². The predicted octanol–water partition coefficient (Wildman–Crippen LogP) is 5.30. The number of anilines is 2. The summed E-state index contributed by atoms with van der Waals surface area (Å²) in [6.07, 6.45) is 4.56. The second-order valence-corrected chi connectivity index (χ2v) is 10.6. The molecular weight excluding hydrogens is 823 g/mol. The van der Waals surface area contributed by atoms with Gasteiger partial charge in [-0.25, -0.2) is 0 Å². The van der Waals surface area contributed by atoms with Crippen molar-refractivity contribution in [3.05, 3.63) is 141 Å². The second-order valence-electron chi connectivity index (χ2n) is 10.6. The first-order valence-corrected chi connectivity index (χ1v) is 16.2. The molecule has 0 unspecified atom stereocenters. The molecule has 4 aromatic rings. The quantitative estimate of drug-likeness (QED) is 0.105. The van der Waals surface area contributed by atoms with E-state index in [4.69, 9.17) is 9.47 Å². The van der Waals surface area contributed by atoms with E-state index in [-0.39, 0.29) is 80.4 Å². The summed E-state index contributed by atoms with van der Waals surface area (Å²) in [6.45, 7) is 11.4. The SMILES string of the molecule is COc1ccc(NC(=O)c2ccccc2C(=O)[O-])cc1[N+](=O)[O-].COc1ccc(NC(=O)c2ccccc2C(=O)[O-])cc1[N+](=O)[O-].[CH2]CCC.[CH2]CCC.[Sn+2]. The van der Waals surface area contributed by atoms with Gasteiger partial charge in [-0.05, 0) is 36.4 Å². The Labute approximate surface area is 335 Å². The molecule has 0 fully saturated rings. The molecule has 0 atom stereocenters. The number of hydrogen-bond donors (Lipinski definition) is 2. The van der Waals surface area contributed by atoms with E-state index in [1.165, 1.54) is 99.9 Å². The molecule has 2 N–H and O–H groups in total. The van der Waals surface area contributed by atoms with Gasteiger partial charge in [0.2, 0.25) is 0 Å². The molecule has 2 amide bonds. The molecular formula is C38H40N4O12Sn. The monoisotopic (exact) mass is 864 g/mol. The Morgan fingerprint density at radius 2 is 0.891 bits per heavy atom. The maximum Gasteiger partial charge on any atom is 2.00 e. The van der Waals surface area contributed by atoms with Crippen LogP contribution in [0.4, 0.5) is 22.7 Å². The van der Waals surface area contributed by atoms with Crippen LogP contribution in [0.1, 0.15) is 81.0 Å². The molecule has 0 aliphatic heterocycles. The standard InChI is InChI=1S/2C15H12N2O6.2C4H9.Sn/c2*1-23-13-7-6-9(8-12(13)17(21)22)16-14(18)10-4-2-3-5-11(10)15(19)20;2*1-3-4-2;/h2*2-8H,1H3,(H,16,18)(H,19,20);2*1,3-4H2,2H3;/q;;;;+2/p-2. The molecule has 0 aliphatic rings. The summed E-state index contributed by atoms with van der Waals surface area (Å²) in [5, 5.41) is 48.8. The van der Waals surface area contributed by atoms with Crippen LogP contribution in [0.5, 0.6) is 11.5 Å². The van der Waals surface area contributed by atoms with Gasteiger partial charge in [0.05, 0.1) is 36.0 Å². The molecule has 4 rings (SSSR count). The van der Waals surface area contributed by atoms with E-state index < -0.39 is 33.6 Å². The summed E-state index contributed by atoms with van der Waals surface area (Å²) >= 11 is 0. The number of ether oxygens (including phenoxy) is 2. The molecule has 55 heavy (non-hydrogen) atoms. The van der Waals surface area contributed by atoms with Crippen molar-refractivity contribution in [3.8, 4) is 11.5 Å². The van der Waals surface area contributed by atoms with Crippen molar-refractivity contribution in [1.82, 2.24) is 0 Å². The van der Waals surface area contributed by atoms with Crippen LogP contribution in [0.25, 0.3) is 0 Å². The van der Waals surface area contributed by atoms with E-state index in [1.54, 1.807) is 0 Å². The van der Waals surface area contributed by atoms with Crippen LogP contribution in [-0.4, -0.2) is 71.7 Å². The van der Waals surface area contributed by atoms with Gasteiger partial charge in [-0.15, -0.1) is 0 Å². The Morgan fingerprint density at radius 1 is 0.600 bits per heavy atom. The number of nitrogens with zero attached hydrogens (tertiary/aromatic N) is 2. The van der Waals surface area contributed by atoms with Crippen LogP contribution < -0.4 is 30.3 Å². The van der Waals surface area contributed by atoms with Gasteiger partial charge in [0.1, 0.15) is 0 Å². The van der Waals surface area contributed by atoms with Crippen LogP contribution >= 0.6 is 0 Å². The Kier molecular flexibility index (Phi) is 23.0. The smallest absolute Gasteiger partial charge is 0.545 e. The zero-order valence-electron chi connectivity index (χ0n) is 30.6. The predicted molar refractivity (Wildman–Crippen MR) is 203 cm³/mol. The van der Waals surface area contributed by atoms with Gasteiger partial charge in [-0.3, -0.25) is 29.8 Å². The zero-order valence-corrected chi connectivity index (χ0v) is 33.5. The number of carboxylic acids is 2. The molecule has 0 spiro atoms. The molecule has 4 radical (unpaired) electrons. The summed E-state index contributed by atoms with van der Waals surface area (Å²) in [5.74, 6) is -4.33. The largest absolute Gasteiger partial charge is 2.00 e. The van der Waals surface area contributed by atoms with Gasteiger partial charge in [0.25, 0.3) is 11.8 Å². The summed E-state index contributed by atoms with van der Waals surface area (Å²) in [6, 6.07) is 18.7. The Morgan fingerprint density at radius 3 is 1.13 bits per heavy atom. The fourth-order valence-electron chi connectivity index (χ4n) is 3.94. The number of rotatable bonds is 12. The van der Waals surface area contributed by atoms with Crippen molar-refractivity contribution >= 4 is 70.4 Å². The van der Waals surface area contributed by atoms with Crippen molar-refractivity contribution in [3.63, 3.8) is 0 Å². The average Bonchev–Trinajstić information content (AvgIpc) is 3.18. The normalized spacial score (nSPS) is 9.42. The Bertz CT molecular complexity index is 1780. The topological polar surface area (TPSA) is 243 Å². The van der Waals surface area contributed by atoms with Crippen molar-refractivity contribution in [2.45, 2.75) is 39.5 Å². The number of amides is 2. The third-order valence-electron chi connectivity index (χ3n) is 6.76. The number of nitro benzene ring substituents is 2. The number of unbranched alkanes of at least 4 members (excludes halogenated alkanes) is 2. The molecule has 288 valence electrons. The number of methoxy groups -OCH3 is 2. The van der Waals surface area contributed by atoms with Crippen molar-refractivity contribution in [2.75, 3.05) is 24.9 Å². The third kappa shape index (κ3) is 15.8. The van der Waals surface area contributed by atoms with E-state index in [9.17, 15) is 49.6 Å². The third-order valence-corrected chi connectivity index (χ3v) is 6.76. The molecule has 0 aliphatic carbocycles. The number of carbonyl (C=O) groups is 4. The molecule has 0 saturated carbocycles. The maximum absolute atomic E-state index is 12.2. The Balaban J connectivity index is 0.000000874. The van der Waals surface area contributed by atoms with Gasteiger partial charge in [0.15, 0.2) is 11.5 Å². The number of nitro groups is 2. The molecule has 0 heterocycles. The van der Waals surface area contributed by atoms with Crippen LogP contribution in [0.2, 0.25) is 0 Å². The minimum atomic E-state index is -1.49. The van der Waals surface area contributed by atoms with E-state index in [1.807, 2.05) is 0 Å². The first kappa shape index (κ1) is 49.0. The molecule has 0 aromatic heterocycles.